The topological polar surface area (TPSA) is 120 Å². The second-order valence-electron chi connectivity index (χ2n) is 6.87. The summed E-state index contributed by atoms with van der Waals surface area (Å²) < 4.78 is 2.79. The van der Waals surface area contributed by atoms with E-state index in [0.29, 0.717) is 22.8 Å². The van der Waals surface area contributed by atoms with E-state index in [1.807, 2.05) is 0 Å². The summed E-state index contributed by atoms with van der Waals surface area (Å²) in [5.41, 5.74) is 0.281. The van der Waals surface area contributed by atoms with E-state index in [2.05, 4.69) is 31.0 Å². The van der Waals surface area contributed by atoms with Gasteiger partial charge in [-0.1, -0.05) is 17.3 Å². The van der Waals surface area contributed by atoms with Crippen molar-refractivity contribution in [3.8, 4) is 0 Å². The first-order valence-corrected chi connectivity index (χ1v) is 9.36. The Hall–Kier alpha value is -2.85. The van der Waals surface area contributed by atoms with Crippen molar-refractivity contribution in [2.45, 2.75) is 31.7 Å². The van der Waals surface area contributed by atoms with Gasteiger partial charge >= 0.3 is 0 Å². The van der Waals surface area contributed by atoms with Gasteiger partial charge in [0, 0.05) is 19.4 Å². The summed E-state index contributed by atoms with van der Waals surface area (Å²) in [6.45, 7) is 2.04. The van der Waals surface area contributed by atoms with Crippen LogP contribution in [0.15, 0.2) is 29.1 Å². The third-order valence-corrected chi connectivity index (χ3v) is 4.91. The molecule has 1 aliphatic heterocycles. The minimum absolute atomic E-state index is 0. The number of halogens is 1. The molecule has 0 radical (unpaired) electrons. The molecular weight excluding hydrogens is 396 g/mol. The Morgan fingerprint density at radius 3 is 2.83 bits per heavy atom. The zero-order chi connectivity index (χ0) is 19.5. The molecule has 0 saturated carbocycles. The highest BCUT2D eigenvalue weighted by atomic mass is 35.5. The van der Waals surface area contributed by atoms with Gasteiger partial charge in [-0.05, 0) is 38.1 Å². The van der Waals surface area contributed by atoms with Gasteiger partial charge < -0.3 is 5.32 Å². The van der Waals surface area contributed by atoms with Gasteiger partial charge in [0.15, 0.2) is 5.82 Å². The molecule has 1 fully saturated rings. The Kier molecular flexibility index (Phi) is 6.55. The number of rotatable bonds is 5. The molecule has 3 aromatic rings. The fourth-order valence-corrected chi connectivity index (χ4v) is 3.33. The normalized spacial score (nSPS) is 14.5. The number of carbonyl (C=O) groups excluding carboxylic acids is 1. The number of amides is 1. The lowest BCUT2D eigenvalue weighted by atomic mass is 9.98. The van der Waals surface area contributed by atoms with Gasteiger partial charge in [0.1, 0.15) is 5.52 Å². The lowest BCUT2D eigenvalue weighted by Gasteiger charge is -2.19. The highest BCUT2D eigenvalue weighted by Gasteiger charge is 2.21. The van der Waals surface area contributed by atoms with Gasteiger partial charge in [0.2, 0.25) is 11.9 Å². The van der Waals surface area contributed by atoms with Crippen molar-refractivity contribution < 1.29 is 4.79 Å². The summed E-state index contributed by atoms with van der Waals surface area (Å²) in [5.74, 6) is 1.23. The number of hydrogen-bond donors (Lipinski definition) is 2. The zero-order valence-electron chi connectivity index (χ0n) is 16.0. The minimum Gasteiger partial charge on any atom is -0.317 e. The third kappa shape index (κ3) is 4.60. The molecule has 2 aromatic heterocycles. The van der Waals surface area contributed by atoms with E-state index < -0.39 is 0 Å². The predicted octanol–water partition coefficient (Wildman–Crippen LogP) is 0.838. The highest BCUT2D eigenvalue weighted by molar-refractivity contribution is 5.89. The SMILES string of the molecule is Cl.Cn1nc(C2CCNCC2)nc1NC(=O)CCn1nnc2ccccc2c1=O. The molecule has 29 heavy (non-hydrogen) atoms. The third-order valence-electron chi connectivity index (χ3n) is 4.91. The van der Waals surface area contributed by atoms with Crippen molar-refractivity contribution in [2.75, 3.05) is 18.4 Å². The fraction of sp³-hybridized carbons (Fsp3) is 0.444. The molecule has 0 bridgehead atoms. The number of aryl methyl sites for hydroxylation is 2. The Bertz CT molecular complexity index is 1060. The number of fused-ring (bicyclic) bond motifs is 1. The summed E-state index contributed by atoms with van der Waals surface area (Å²) in [4.78, 5) is 29.2. The van der Waals surface area contributed by atoms with E-state index in [9.17, 15) is 9.59 Å². The van der Waals surface area contributed by atoms with E-state index in [1.54, 1.807) is 36.0 Å². The Labute approximate surface area is 173 Å². The standard InChI is InChI=1S/C18H22N8O2.ClH/c1-25-18(21-16(23-25)12-6-9-19-10-7-12)20-15(27)8-11-26-17(28)13-4-2-3-5-14(13)22-24-26;/h2-5,12,19H,6-11H2,1H3,(H,20,21,23,27);1H. The first kappa shape index (κ1) is 20.9. The maximum absolute atomic E-state index is 12.4. The molecule has 0 spiro atoms. The first-order chi connectivity index (χ1) is 13.6. The monoisotopic (exact) mass is 418 g/mol. The van der Waals surface area contributed by atoms with Gasteiger partial charge in [-0.3, -0.25) is 14.9 Å². The molecule has 3 heterocycles. The molecular formula is C18H23ClN8O2. The molecule has 154 valence electrons. The van der Waals surface area contributed by atoms with E-state index in [-0.39, 0.29) is 36.8 Å². The number of aromatic nitrogens is 6. The van der Waals surface area contributed by atoms with Crippen LogP contribution in [0.25, 0.3) is 10.9 Å². The maximum atomic E-state index is 12.4. The van der Waals surface area contributed by atoms with Gasteiger partial charge in [0.05, 0.1) is 11.9 Å². The molecule has 2 N–H and O–H groups in total. The summed E-state index contributed by atoms with van der Waals surface area (Å²) in [6.07, 6.45) is 2.06. The van der Waals surface area contributed by atoms with Crippen LogP contribution in [-0.4, -0.2) is 48.8 Å². The molecule has 11 heteroatoms. The number of nitrogens with zero attached hydrogens (tertiary/aromatic N) is 6. The number of carbonyl (C=O) groups is 1. The molecule has 1 saturated heterocycles. The van der Waals surface area contributed by atoms with Gasteiger partial charge in [-0.25, -0.2) is 9.36 Å². The van der Waals surface area contributed by atoms with Gasteiger partial charge in [-0.15, -0.1) is 17.5 Å². The quantitative estimate of drug-likeness (QED) is 0.629. The van der Waals surface area contributed by atoms with E-state index in [1.165, 1.54) is 4.68 Å². The molecule has 0 aliphatic carbocycles. The summed E-state index contributed by atoms with van der Waals surface area (Å²) in [5, 5.41) is 18.9. The van der Waals surface area contributed by atoms with Crippen LogP contribution in [0.5, 0.6) is 0 Å². The van der Waals surface area contributed by atoms with Crippen molar-refractivity contribution in [3.63, 3.8) is 0 Å². The van der Waals surface area contributed by atoms with Crippen molar-refractivity contribution in [2.24, 2.45) is 7.05 Å². The van der Waals surface area contributed by atoms with Crippen LogP contribution in [0.1, 0.15) is 31.0 Å². The molecule has 10 nitrogen and oxygen atoms in total. The summed E-state index contributed by atoms with van der Waals surface area (Å²) >= 11 is 0. The lowest BCUT2D eigenvalue weighted by molar-refractivity contribution is -0.116. The number of piperidine rings is 1. The Morgan fingerprint density at radius 2 is 2.03 bits per heavy atom. The van der Waals surface area contributed by atoms with Crippen LogP contribution >= 0.6 is 12.4 Å². The Morgan fingerprint density at radius 1 is 1.28 bits per heavy atom. The van der Waals surface area contributed by atoms with Crippen molar-refractivity contribution in [1.82, 2.24) is 35.1 Å². The smallest absolute Gasteiger partial charge is 0.277 e. The summed E-state index contributed by atoms with van der Waals surface area (Å²) in [7, 11) is 1.76. The molecule has 1 aromatic carbocycles. The average Bonchev–Trinajstić information content (AvgIpc) is 3.09. The van der Waals surface area contributed by atoms with E-state index in [0.717, 1.165) is 31.8 Å². The predicted molar refractivity (Wildman–Crippen MR) is 110 cm³/mol. The molecule has 0 unspecified atom stereocenters. The minimum atomic E-state index is -0.259. The number of benzene rings is 1. The molecule has 4 rings (SSSR count). The molecule has 1 amide bonds. The van der Waals surface area contributed by atoms with E-state index >= 15 is 0 Å². The van der Waals surface area contributed by atoms with Crippen molar-refractivity contribution >= 4 is 35.2 Å². The second kappa shape index (κ2) is 9.10. The molecule has 1 aliphatic rings. The average molecular weight is 419 g/mol. The van der Waals surface area contributed by atoms with Gasteiger partial charge in [-0.2, -0.15) is 10.1 Å². The van der Waals surface area contributed by atoms with Crippen molar-refractivity contribution in [3.05, 3.63) is 40.4 Å². The highest BCUT2D eigenvalue weighted by Crippen LogP contribution is 2.23. The maximum Gasteiger partial charge on any atom is 0.277 e. The fourth-order valence-electron chi connectivity index (χ4n) is 3.33. The number of anilines is 1. The second-order valence-corrected chi connectivity index (χ2v) is 6.87. The summed E-state index contributed by atoms with van der Waals surface area (Å²) in [6, 6.07) is 7.00. The van der Waals surface area contributed by atoms with Crippen LogP contribution in [0.2, 0.25) is 0 Å². The van der Waals surface area contributed by atoms with Crippen LogP contribution in [-0.2, 0) is 18.4 Å². The number of nitrogens with one attached hydrogen (secondary N) is 2. The largest absolute Gasteiger partial charge is 0.317 e. The lowest BCUT2D eigenvalue weighted by Crippen LogP contribution is -2.27. The molecule has 0 atom stereocenters. The first-order valence-electron chi connectivity index (χ1n) is 9.36. The van der Waals surface area contributed by atoms with Crippen molar-refractivity contribution in [1.29, 1.82) is 0 Å². The Balaban J connectivity index is 0.00000240. The van der Waals surface area contributed by atoms with Gasteiger partial charge in [0.25, 0.3) is 5.56 Å². The number of hydrogen-bond acceptors (Lipinski definition) is 7. The van der Waals surface area contributed by atoms with Crippen LogP contribution in [0.3, 0.4) is 0 Å². The van der Waals surface area contributed by atoms with Crippen LogP contribution in [0, 0.1) is 0 Å². The van der Waals surface area contributed by atoms with E-state index in [4.69, 9.17) is 0 Å². The van der Waals surface area contributed by atoms with Crippen LogP contribution in [0.4, 0.5) is 5.95 Å². The zero-order valence-corrected chi connectivity index (χ0v) is 16.9. The van der Waals surface area contributed by atoms with Crippen LogP contribution < -0.4 is 16.2 Å².